The van der Waals surface area contributed by atoms with Crippen molar-refractivity contribution in [1.82, 2.24) is 0 Å². The first kappa shape index (κ1) is 13.8. The van der Waals surface area contributed by atoms with Crippen LogP contribution in [0.25, 0.3) is 0 Å². The minimum atomic E-state index is 0.486. The molecule has 2 aromatic carbocycles. The van der Waals surface area contributed by atoms with Gasteiger partial charge in [0, 0.05) is 12.6 Å². The maximum atomic E-state index is 8.93. The van der Waals surface area contributed by atoms with Crippen LogP contribution < -0.4 is 15.8 Å². The first-order chi connectivity index (χ1) is 9.63. The number of rotatable bonds is 4. The van der Waals surface area contributed by atoms with Crippen LogP contribution in [0.5, 0.6) is 5.75 Å². The lowest BCUT2D eigenvalue weighted by molar-refractivity contribution is 0.416. The quantitative estimate of drug-likeness (QED) is 0.835. The van der Waals surface area contributed by atoms with Gasteiger partial charge in [-0.05, 0) is 18.6 Å². The van der Waals surface area contributed by atoms with Gasteiger partial charge in [-0.3, -0.25) is 0 Å². The van der Waals surface area contributed by atoms with Crippen LogP contribution in [0.2, 0.25) is 0 Å². The number of ether oxygens (including phenoxy) is 1. The van der Waals surface area contributed by atoms with Crippen LogP contribution in [0.1, 0.15) is 16.7 Å². The van der Waals surface area contributed by atoms with Crippen LogP contribution >= 0.6 is 0 Å². The second-order valence-corrected chi connectivity index (χ2v) is 4.59. The smallest absolute Gasteiger partial charge is 0.145 e. The Hall–Kier alpha value is -2.67. The van der Waals surface area contributed by atoms with Gasteiger partial charge in [0.1, 0.15) is 11.4 Å². The van der Waals surface area contributed by atoms with Gasteiger partial charge in [0.2, 0.25) is 0 Å². The fraction of sp³-hybridized carbons (Fsp3) is 0.188. The molecule has 2 aromatic rings. The molecule has 0 heterocycles. The highest BCUT2D eigenvalue weighted by atomic mass is 16.5. The highest BCUT2D eigenvalue weighted by Crippen LogP contribution is 2.32. The largest absolute Gasteiger partial charge is 0.494 e. The van der Waals surface area contributed by atoms with Crippen molar-refractivity contribution in [3.05, 3.63) is 53.1 Å². The minimum absolute atomic E-state index is 0.486. The van der Waals surface area contributed by atoms with Crippen molar-refractivity contribution < 1.29 is 4.74 Å². The van der Waals surface area contributed by atoms with Gasteiger partial charge in [0.05, 0.1) is 24.4 Å². The van der Waals surface area contributed by atoms with E-state index in [0.29, 0.717) is 29.2 Å². The van der Waals surface area contributed by atoms with Crippen molar-refractivity contribution in [2.24, 2.45) is 0 Å². The number of nitrogens with zero attached hydrogens (tertiary/aromatic N) is 1. The molecule has 0 amide bonds. The second kappa shape index (κ2) is 5.98. The lowest BCUT2D eigenvalue weighted by atomic mass is 10.1. The standard InChI is InChI=1S/C16H17N3O/c1-11-3-5-12(6-4-11)10-19-16-14(18)7-13(9-17)8-15(16)20-2/h3-8,19H,10,18H2,1-2H3. The molecule has 0 radical (unpaired) electrons. The van der Waals surface area contributed by atoms with Crippen LogP contribution in [-0.2, 0) is 6.54 Å². The molecule has 4 heteroatoms. The molecule has 0 bridgehead atoms. The predicted octanol–water partition coefficient (Wildman–Crippen LogP) is 3.07. The van der Waals surface area contributed by atoms with Crippen LogP contribution in [0.3, 0.4) is 0 Å². The van der Waals surface area contributed by atoms with E-state index in [1.54, 1.807) is 19.2 Å². The number of nitrogens with one attached hydrogen (secondary N) is 1. The molecule has 0 aliphatic heterocycles. The molecule has 2 rings (SSSR count). The maximum Gasteiger partial charge on any atom is 0.145 e. The molecule has 0 atom stereocenters. The van der Waals surface area contributed by atoms with E-state index < -0.39 is 0 Å². The van der Waals surface area contributed by atoms with Gasteiger partial charge < -0.3 is 15.8 Å². The fourth-order valence-electron chi connectivity index (χ4n) is 1.95. The number of nitrogen functional groups attached to an aromatic ring is 1. The zero-order valence-electron chi connectivity index (χ0n) is 11.6. The third kappa shape index (κ3) is 3.01. The number of benzene rings is 2. The number of methoxy groups -OCH3 is 1. The Kier molecular flexibility index (Phi) is 4.11. The van der Waals surface area contributed by atoms with Crippen LogP contribution in [0, 0.1) is 18.3 Å². The van der Waals surface area contributed by atoms with E-state index in [4.69, 9.17) is 15.7 Å². The number of nitriles is 1. The number of hydrogen-bond acceptors (Lipinski definition) is 4. The molecule has 0 spiro atoms. The zero-order chi connectivity index (χ0) is 14.5. The minimum Gasteiger partial charge on any atom is -0.494 e. The van der Waals surface area contributed by atoms with Crippen LogP contribution in [-0.4, -0.2) is 7.11 Å². The van der Waals surface area contributed by atoms with Gasteiger partial charge >= 0.3 is 0 Å². The highest BCUT2D eigenvalue weighted by molar-refractivity contribution is 5.75. The van der Waals surface area contributed by atoms with E-state index in [2.05, 4.69) is 42.6 Å². The summed E-state index contributed by atoms with van der Waals surface area (Å²) in [5.41, 5.74) is 10.1. The molecular formula is C16H17N3O. The van der Waals surface area contributed by atoms with Gasteiger partial charge in [-0.1, -0.05) is 29.8 Å². The monoisotopic (exact) mass is 267 g/mol. The zero-order valence-corrected chi connectivity index (χ0v) is 11.6. The molecule has 0 aromatic heterocycles. The maximum absolute atomic E-state index is 8.93. The molecule has 20 heavy (non-hydrogen) atoms. The highest BCUT2D eigenvalue weighted by Gasteiger charge is 2.09. The van der Waals surface area contributed by atoms with Crippen molar-refractivity contribution in [3.63, 3.8) is 0 Å². The molecule has 0 saturated heterocycles. The summed E-state index contributed by atoms with van der Waals surface area (Å²) in [4.78, 5) is 0. The van der Waals surface area contributed by atoms with Crippen molar-refractivity contribution in [3.8, 4) is 11.8 Å². The number of aryl methyl sites for hydroxylation is 1. The van der Waals surface area contributed by atoms with Gasteiger partial charge in [0.25, 0.3) is 0 Å². The van der Waals surface area contributed by atoms with E-state index in [-0.39, 0.29) is 0 Å². The molecule has 102 valence electrons. The summed E-state index contributed by atoms with van der Waals surface area (Å²) in [7, 11) is 1.56. The Balaban J connectivity index is 2.21. The Morgan fingerprint density at radius 1 is 1.25 bits per heavy atom. The Morgan fingerprint density at radius 2 is 1.95 bits per heavy atom. The normalized spacial score (nSPS) is 9.85. The lowest BCUT2D eigenvalue weighted by Crippen LogP contribution is -2.05. The first-order valence-corrected chi connectivity index (χ1v) is 6.31. The van der Waals surface area contributed by atoms with E-state index in [0.717, 1.165) is 5.56 Å². The summed E-state index contributed by atoms with van der Waals surface area (Å²) in [6.07, 6.45) is 0. The average molecular weight is 267 g/mol. The molecule has 0 aliphatic rings. The van der Waals surface area contributed by atoms with Crippen molar-refractivity contribution in [2.75, 3.05) is 18.2 Å². The third-order valence-corrected chi connectivity index (χ3v) is 3.07. The third-order valence-electron chi connectivity index (χ3n) is 3.07. The summed E-state index contributed by atoms with van der Waals surface area (Å²) < 4.78 is 5.28. The van der Waals surface area contributed by atoms with Crippen LogP contribution in [0.15, 0.2) is 36.4 Å². The summed E-state index contributed by atoms with van der Waals surface area (Å²) in [6, 6.07) is 13.6. The SMILES string of the molecule is COc1cc(C#N)cc(N)c1NCc1ccc(C)cc1. The van der Waals surface area contributed by atoms with E-state index >= 15 is 0 Å². The van der Waals surface area contributed by atoms with E-state index in [1.807, 2.05) is 0 Å². The molecular weight excluding hydrogens is 250 g/mol. The Labute approximate surface area is 118 Å². The topological polar surface area (TPSA) is 71.1 Å². The first-order valence-electron chi connectivity index (χ1n) is 6.31. The van der Waals surface area contributed by atoms with E-state index in [1.165, 1.54) is 5.56 Å². The Bertz CT molecular complexity index is 642. The second-order valence-electron chi connectivity index (χ2n) is 4.59. The van der Waals surface area contributed by atoms with Crippen LogP contribution in [0.4, 0.5) is 11.4 Å². The summed E-state index contributed by atoms with van der Waals surface area (Å²) in [6.45, 7) is 2.70. The summed E-state index contributed by atoms with van der Waals surface area (Å²) in [5, 5.41) is 12.2. The molecule has 0 unspecified atom stereocenters. The lowest BCUT2D eigenvalue weighted by Gasteiger charge is -2.14. The number of hydrogen-bond donors (Lipinski definition) is 2. The summed E-state index contributed by atoms with van der Waals surface area (Å²) in [5.74, 6) is 0.577. The van der Waals surface area contributed by atoms with E-state index in [9.17, 15) is 0 Å². The fourth-order valence-corrected chi connectivity index (χ4v) is 1.95. The summed E-state index contributed by atoms with van der Waals surface area (Å²) >= 11 is 0. The molecule has 0 aliphatic carbocycles. The molecule has 3 N–H and O–H groups in total. The Morgan fingerprint density at radius 3 is 2.55 bits per heavy atom. The van der Waals surface area contributed by atoms with Crippen molar-refractivity contribution in [1.29, 1.82) is 5.26 Å². The molecule has 0 saturated carbocycles. The number of anilines is 2. The van der Waals surface area contributed by atoms with Gasteiger partial charge in [-0.25, -0.2) is 0 Å². The van der Waals surface area contributed by atoms with Gasteiger partial charge in [-0.2, -0.15) is 5.26 Å². The predicted molar refractivity (Wildman–Crippen MR) is 80.6 cm³/mol. The average Bonchev–Trinajstić information content (AvgIpc) is 2.47. The molecule has 0 fully saturated rings. The van der Waals surface area contributed by atoms with Crippen molar-refractivity contribution in [2.45, 2.75) is 13.5 Å². The number of nitrogens with two attached hydrogens (primary N) is 1. The van der Waals surface area contributed by atoms with Gasteiger partial charge in [-0.15, -0.1) is 0 Å². The van der Waals surface area contributed by atoms with Gasteiger partial charge in [0.15, 0.2) is 0 Å². The molecule has 4 nitrogen and oxygen atoms in total. The van der Waals surface area contributed by atoms with Crippen molar-refractivity contribution >= 4 is 11.4 Å².